The first kappa shape index (κ1) is 13.1. The molecule has 0 fully saturated rings. The molecule has 1 aromatic heterocycles. The lowest BCUT2D eigenvalue weighted by Crippen LogP contribution is -2.07. The van der Waals surface area contributed by atoms with Gasteiger partial charge in [0.15, 0.2) is 5.82 Å². The van der Waals surface area contributed by atoms with Gasteiger partial charge in [-0.3, -0.25) is 0 Å². The van der Waals surface area contributed by atoms with Gasteiger partial charge < -0.3 is 11.1 Å². The summed E-state index contributed by atoms with van der Waals surface area (Å²) in [5.41, 5.74) is 8.21. The third-order valence-electron chi connectivity index (χ3n) is 2.48. The number of nitrogens with zero attached hydrogens (tertiary/aromatic N) is 2. The minimum Gasteiger partial charge on any atom is -0.394 e. The molecular weight excluding hydrogens is 316 g/mol. The van der Waals surface area contributed by atoms with Gasteiger partial charge in [0.2, 0.25) is 5.28 Å². The molecule has 0 aliphatic carbocycles. The number of rotatable bonds is 3. The van der Waals surface area contributed by atoms with Crippen LogP contribution in [-0.4, -0.2) is 9.97 Å². The Morgan fingerprint density at radius 2 is 1.94 bits per heavy atom. The van der Waals surface area contributed by atoms with Gasteiger partial charge in [0, 0.05) is 11.0 Å². The van der Waals surface area contributed by atoms with Crippen molar-refractivity contribution in [2.24, 2.45) is 0 Å². The molecule has 18 heavy (non-hydrogen) atoms. The molecule has 0 bridgehead atoms. The summed E-state index contributed by atoms with van der Waals surface area (Å²) < 4.78 is 1.05. The fraction of sp³-hybridized carbons (Fsp3) is 0.167. The van der Waals surface area contributed by atoms with Crippen molar-refractivity contribution in [3.63, 3.8) is 0 Å². The van der Waals surface area contributed by atoms with E-state index in [1.165, 1.54) is 0 Å². The van der Waals surface area contributed by atoms with Gasteiger partial charge >= 0.3 is 0 Å². The molecule has 2 aromatic rings. The lowest BCUT2D eigenvalue weighted by Gasteiger charge is -2.10. The zero-order valence-corrected chi connectivity index (χ0v) is 12.1. The number of aryl methyl sites for hydroxylation is 1. The molecular formula is C12H12BrClN4. The second-order valence-corrected chi connectivity index (χ2v) is 5.07. The number of nitrogens with two attached hydrogens (primary N) is 1. The van der Waals surface area contributed by atoms with Gasteiger partial charge in [0.1, 0.15) is 0 Å². The normalized spacial score (nSPS) is 10.4. The average Bonchev–Trinajstić information content (AvgIpc) is 2.34. The Hall–Kier alpha value is -1.33. The van der Waals surface area contributed by atoms with Crippen molar-refractivity contribution in [2.75, 3.05) is 11.1 Å². The van der Waals surface area contributed by atoms with Crippen LogP contribution in [0.25, 0.3) is 0 Å². The molecule has 4 nitrogen and oxygen atoms in total. The summed E-state index contributed by atoms with van der Waals surface area (Å²) in [6.45, 7) is 2.43. The van der Waals surface area contributed by atoms with E-state index in [2.05, 4.69) is 31.2 Å². The molecule has 94 valence electrons. The summed E-state index contributed by atoms with van der Waals surface area (Å²) in [6, 6.07) is 8.00. The van der Waals surface area contributed by atoms with E-state index < -0.39 is 0 Å². The van der Waals surface area contributed by atoms with Crippen LogP contribution in [-0.2, 0) is 6.54 Å². The molecule has 2 rings (SSSR count). The van der Waals surface area contributed by atoms with Gasteiger partial charge in [0.05, 0.1) is 11.4 Å². The summed E-state index contributed by atoms with van der Waals surface area (Å²) in [6.07, 6.45) is 0. The highest BCUT2D eigenvalue weighted by atomic mass is 79.9. The number of nitrogen functional groups attached to an aromatic ring is 1. The molecule has 3 N–H and O–H groups in total. The van der Waals surface area contributed by atoms with Crippen molar-refractivity contribution in [2.45, 2.75) is 13.5 Å². The van der Waals surface area contributed by atoms with Crippen LogP contribution in [0.15, 0.2) is 28.7 Å². The minimum absolute atomic E-state index is 0.194. The molecule has 0 amide bonds. The Labute approximate surface area is 119 Å². The Bertz CT molecular complexity index is 557. The molecule has 0 aliphatic rings. The highest BCUT2D eigenvalue weighted by Crippen LogP contribution is 2.21. The lowest BCUT2D eigenvalue weighted by molar-refractivity contribution is 1.06. The van der Waals surface area contributed by atoms with Gasteiger partial charge in [-0.25, -0.2) is 4.98 Å². The molecule has 0 saturated heterocycles. The highest BCUT2D eigenvalue weighted by molar-refractivity contribution is 9.10. The molecule has 0 saturated carbocycles. The smallest absolute Gasteiger partial charge is 0.224 e. The predicted octanol–water partition coefficient (Wildman–Crippen LogP) is 3.40. The van der Waals surface area contributed by atoms with E-state index in [0.29, 0.717) is 23.7 Å². The van der Waals surface area contributed by atoms with Crippen molar-refractivity contribution in [3.8, 4) is 0 Å². The van der Waals surface area contributed by atoms with E-state index in [9.17, 15) is 0 Å². The second-order valence-electron chi connectivity index (χ2n) is 3.82. The van der Waals surface area contributed by atoms with Gasteiger partial charge in [-0.2, -0.15) is 4.98 Å². The van der Waals surface area contributed by atoms with E-state index in [4.69, 9.17) is 17.3 Å². The Morgan fingerprint density at radius 1 is 1.28 bits per heavy atom. The van der Waals surface area contributed by atoms with Crippen LogP contribution in [0, 0.1) is 6.92 Å². The summed E-state index contributed by atoms with van der Waals surface area (Å²) >= 11 is 9.19. The quantitative estimate of drug-likeness (QED) is 0.848. The Kier molecular flexibility index (Phi) is 4.04. The first-order valence-electron chi connectivity index (χ1n) is 5.34. The highest BCUT2D eigenvalue weighted by Gasteiger charge is 2.07. The van der Waals surface area contributed by atoms with Crippen LogP contribution >= 0.6 is 27.5 Å². The van der Waals surface area contributed by atoms with E-state index in [1.54, 1.807) is 6.92 Å². The number of nitrogens with one attached hydrogen (secondary N) is 1. The fourth-order valence-electron chi connectivity index (χ4n) is 1.47. The molecule has 0 aliphatic heterocycles. The summed E-state index contributed by atoms with van der Waals surface area (Å²) in [7, 11) is 0. The molecule has 0 atom stereocenters. The van der Waals surface area contributed by atoms with Gasteiger partial charge in [-0.05, 0) is 36.2 Å². The fourth-order valence-corrected chi connectivity index (χ4v) is 1.95. The SMILES string of the molecule is Cc1nc(Cl)nc(NCc2ccc(Br)cc2)c1N. The molecule has 1 heterocycles. The van der Waals surface area contributed by atoms with Crippen molar-refractivity contribution in [1.82, 2.24) is 9.97 Å². The molecule has 0 spiro atoms. The predicted molar refractivity (Wildman–Crippen MR) is 77.7 cm³/mol. The Morgan fingerprint density at radius 3 is 2.61 bits per heavy atom. The maximum atomic E-state index is 5.89. The molecule has 6 heteroatoms. The van der Waals surface area contributed by atoms with Crippen molar-refractivity contribution < 1.29 is 0 Å². The standard InChI is InChI=1S/C12H12BrClN4/c1-7-10(15)11(18-12(14)17-7)16-6-8-2-4-9(13)5-3-8/h2-5H,6,15H2,1H3,(H,16,17,18). The number of anilines is 2. The van der Waals surface area contributed by atoms with Crippen LogP contribution in [0.4, 0.5) is 11.5 Å². The average molecular weight is 328 g/mol. The third-order valence-corrected chi connectivity index (χ3v) is 3.18. The van der Waals surface area contributed by atoms with Crippen LogP contribution in [0.5, 0.6) is 0 Å². The molecule has 1 aromatic carbocycles. The zero-order valence-electron chi connectivity index (χ0n) is 9.74. The first-order chi connectivity index (χ1) is 8.56. The molecule has 0 radical (unpaired) electrons. The maximum absolute atomic E-state index is 5.89. The first-order valence-corrected chi connectivity index (χ1v) is 6.51. The van der Waals surface area contributed by atoms with Gasteiger partial charge in [-0.1, -0.05) is 28.1 Å². The number of halogens is 2. The Balaban J connectivity index is 2.13. The number of hydrogen-bond acceptors (Lipinski definition) is 4. The number of aromatic nitrogens is 2. The lowest BCUT2D eigenvalue weighted by atomic mass is 10.2. The number of benzene rings is 1. The van der Waals surface area contributed by atoms with Crippen LogP contribution in [0.2, 0.25) is 5.28 Å². The van der Waals surface area contributed by atoms with E-state index >= 15 is 0 Å². The van der Waals surface area contributed by atoms with Crippen LogP contribution in [0.1, 0.15) is 11.3 Å². The topological polar surface area (TPSA) is 63.8 Å². The summed E-state index contributed by atoms with van der Waals surface area (Å²) in [5.74, 6) is 0.565. The van der Waals surface area contributed by atoms with Crippen molar-refractivity contribution in [3.05, 3.63) is 45.3 Å². The van der Waals surface area contributed by atoms with Gasteiger partial charge in [0.25, 0.3) is 0 Å². The minimum atomic E-state index is 0.194. The second kappa shape index (κ2) is 5.54. The zero-order chi connectivity index (χ0) is 13.1. The van der Waals surface area contributed by atoms with Crippen LogP contribution in [0.3, 0.4) is 0 Å². The number of hydrogen-bond donors (Lipinski definition) is 2. The summed E-state index contributed by atoms with van der Waals surface area (Å²) in [4.78, 5) is 8.06. The largest absolute Gasteiger partial charge is 0.394 e. The van der Waals surface area contributed by atoms with Gasteiger partial charge in [-0.15, -0.1) is 0 Å². The van der Waals surface area contributed by atoms with E-state index in [-0.39, 0.29) is 5.28 Å². The van der Waals surface area contributed by atoms with E-state index in [1.807, 2.05) is 24.3 Å². The summed E-state index contributed by atoms with van der Waals surface area (Å²) in [5, 5.41) is 3.35. The van der Waals surface area contributed by atoms with Crippen LogP contribution < -0.4 is 11.1 Å². The van der Waals surface area contributed by atoms with Crippen molar-refractivity contribution in [1.29, 1.82) is 0 Å². The molecule has 0 unspecified atom stereocenters. The monoisotopic (exact) mass is 326 g/mol. The maximum Gasteiger partial charge on any atom is 0.224 e. The third kappa shape index (κ3) is 3.11. The van der Waals surface area contributed by atoms with Crippen molar-refractivity contribution >= 4 is 39.0 Å². The van der Waals surface area contributed by atoms with E-state index in [0.717, 1.165) is 10.0 Å².